The van der Waals surface area contributed by atoms with E-state index >= 15 is 4.39 Å². The number of nitrogens with zero attached hydrogens (tertiary/aromatic N) is 5. The van der Waals surface area contributed by atoms with Gasteiger partial charge < -0.3 is 24.6 Å². The summed E-state index contributed by atoms with van der Waals surface area (Å²) in [6.07, 6.45) is -3.81. The van der Waals surface area contributed by atoms with Crippen molar-refractivity contribution in [2.24, 2.45) is 0 Å². The van der Waals surface area contributed by atoms with Crippen LogP contribution in [0.4, 0.5) is 44.2 Å². The fourth-order valence-electron chi connectivity index (χ4n) is 5.51. The quantitative estimate of drug-likeness (QED) is 0.293. The van der Waals surface area contributed by atoms with Crippen molar-refractivity contribution < 1.29 is 36.2 Å². The number of hydrogen-bond acceptors (Lipinski definition) is 8. The largest absolute Gasteiger partial charge is 0.486 e. The lowest BCUT2D eigenvalue weighted by Gasteiger charge is -2.34. The molecule has 14 heteroatoms. The Hall–Kier alpha value is -4.23. The summed E-state index contributed by atoms with van der Waals surface area (Å²) >= 11 is 0. The van der Waals surface area contributed by atoms with Gasteiger partial charge in [0.05, 0.1) is 18.4 Å². The number of benzene rings is 1. The van der Waals surface area contributed by atoms with Gasteiger partial charge in [-0.05, 0) is 77.1 Å². The van der Waals surface area contributed by atoms with Crippen LogP contribution in [-0.2, 0) is 10.9 Å². The van der Waals surface area contributed by atoms with Crippen molar-refractivity contribution in [3.63, 3.8) is 0 Å². The molecule has 0 radical (unpaired) electrons. The van der Waals surface area contributed by atoms with E-state index in [0.717, 1.165) is 12.3 Å². The van der Waals surface area contributed by atoms with E-state index < -0.39 is 41.1 Å². The fraction of sp³-hybridized carbons (Fsp3) is 0.484. The zero-order chi connectivity index (χ0) is 32.7. The van der Waals surface area contributed by atoms with Crippen LogP contribution in [0.15, 0.2) is 30.5 Å². The highest BCUT2D eigenvalue weighted by Crippen LogP contribution is 2.41. The summed E-state index contributed by atoms with van der Waals surface area (Å²) in [5.41, 5.74) is -1.42. The van der Waals surface area contributed by atoms with Crippen molar-refractivity contribution in [2.45, 2.75) is 71.2 Å². The van der Waals surface area contributed by atoms with Gasteiger partial charge in [0.25, 0.3) is 0 Å². The summed E-state index contributed by atoms with van der Waals surface area (Å²) < 4.78 is 83.5. The van der Waals surface area contributed by atoms with Crippen molar-refractivity contribution in [3.05, 3.63) is 53.4 Å². The molecule has 2 aliphatic rings. The Morgan fingerprint density at radius 1 is 1.04 bits per heavy atom. The number of aromatic nitrogens is 3. The van der Waals surface area contributed by atoms with Crippen molar-refractivity contribution >= 4 is 23.5 Å². The number of nitrogens with one attached hydrogen (secondary N) is 1. The number of carbonyl (C=O) groups is 1. The Bertz CT molecular complexity index is 1570. The third kappa shape index (κ3) is 7.20. The Balaban J connectivity index is 1.38. The molecule has 2 aliphatic heterocycles. The first-order valence-electron chi connectivity index (χ1n) is 14.7. The highest BCUT2D eigenvalue weighted by molar-refractivity contribution is 5.73. The number of anilines is 3. The molecule has 2 aromatic heterocycles. The molecule has 5 rings (SSSR count). The van der Waals surface area contributed by atoms with E-state index in [2.05, 4.69) is 20.3 Å². The van der Waals surface area contributed by atoms with Gasteiger partial charge in [-0.3, -0.25) is 0 Å². The highest BCUT2D eigenvalue weighted by Gasteiger charge is 2.39. The Kier molecular flexibility index (Phi) is 8.78. The van der Waals surface area contributed by atoms with Crippen LogP contribution in [0.25, 0.3) is 11.3 Å². The van der Waals surface area contributed by atoms with E-state index in [-0.39, 0.29) is 53.5 Å². The minimum Gasteiger partial charge on any atom is -0.486 e. The fourth-order valence-corrected chi connectivity index (χ4v) is 5.51. The van der Waals surface area contributed by atoms with Crippen LogP contribution in [0.5, 0.6) is 5.75 Å². The zero-order valence-corrected chi connectivity index (χ0v) is 25.6. The first-order valence-corrected chi connectivity index (χ1v) is 14.7. The van der Waals surface area contributed by atoms with Crippen molar-refractivity contribution in [2.75, 3.05) is 36.5 Å². The van der Waals surface area contributed by atoms with Crippen molar-refractivity contribution in [1.29, 1.82) is 0 Å². The minimum atomic E-state index is -4.77. The van der Waals surface area contributed by atoms with Crippen molar-refractivity contribution in [3.8, 4) is 17.0 Å². The second kappa shape index (κ2) is 12.3. The normalized spacial score (nSPS) is 16.0. The van der Waals surface area contributed by atoms with Crippen LogP contribution in [0.1, 0.15) is 64.6 Å². The highest BCUT2D eigenvalue weighted by atomic mass is 19.4. The molecule has 45 heavy (non-hydrogen) atoms. The lowest BCUT2D eigenvalue weighted by molar-refractivity contribution is -0.142. The molecule has 0 bridgehead atoms. The first-order chi connectivity index (χ1) is 21.1. The number of halogens is 5. The molecule has 1 aromatic carbocycles. The number of likely N-dealkylation sites (tertiary alicyclic amines) is 1. The predicted octanol–water partition coefficient (Wildman–Crippen LogP) is 7.30. The number of amides is 1. The number of pyridine rings is 1. The van der Waals surface area contributed by atoms with Gasteiger partial charge in [0.2, 0.25) is 5.95 Å². The van der Waals surface area contributed by atoms with Gasteiger partial charge in [0.15, 0.2) is 17.4 Å². The Morgan fingerprint density at radius 3 is 2.40 bits per heavy atom. The van der Waals surface area contributed by atoms with Crippen LogP contribution in [-0.4, -0.2) is 63.8 Å². The number of rotatable bonds is 5. The molecule has 0 saturated carbocycles. The summed E-state index contributed by atoms with van der Waals surface area (Å²) in [6.45, 7) is 10.4. The molecule has 1 saturated heterocycles. The summed E-state index contributed by atoms with van der Waals surface area (Å²) in [6, 6.07) is 5.39. The molecule has 3 aromatic rings. The molecule has 1 amide bonds. The second-order valence-electron chi connectivity index (χ2n) is 12.3. The molecule has 1 fully saturated rings. The van der Waals surface area contributed by atoms with E-state index in [1.807, 2.05) is 18.7 Å². The summed E-state index contributed by atoms with van der Waals surface area (Å²) in [5.74, 6) is -2.38. The van der Waals surface area contributed by atoms with Gasteiger partial charge in [-0.15, -0.1) is 0 Å². The average Bonchev–Trinajstić information content (AvgIpc) is 2.96. The molecule has 242 valence electrons. The van der Waals surface area contributed by atoms with Crippen LogP contribution < -0.4 is 15.0 Å². The molecule has 0 atom stereocenters. The molecule has 0 aliphatic carbocycles. The molecule has 9 nitrogen and oxygen atoms in total. The van der Waals surface area contributed by atoms with E-state index in [1.165, 1.54) is 17.0 Å². The third-order valence-electron chi connectivity index (χ3n) is 7.57. The molecule has 1 N–H and O–H groups in total. The molecule has 0 unspecified atom stereocenters. The van der Waals surface area contributed by atoms with Gasteiger partial charge in [0.1, 0.15) is 29.4 Å². The molecule has 0 spiro atoms. The summed E-state index contributed by atoms with van der Waals surface area (Å²) in [7, 11) is 0. The van der Waals surface area contributed by atoms with E-state index in [1.54, 1.807) is 26.8 Å². The third-order valence-corrected chi connectivity index (χ3v) is 7.57. The predicted molar refractivity (Wildman–Crippen MR) is 158 cm³/mol. The maximum atomic E-state index is 15.0. The Morgan fingerprint density at radius 2 is 1.76 bits per heavy atom. The number of ether oxygens (including phenoxy) is 2. The van der Waals surface area contributed by atoms with Gasteiger partial charge in [-0.1, -0.05) is 6.07 Å². The summed E-state index contributed by atoms with van der Waals surface area (Å²) in [5, 5.41) is 2.63. The van der Waals surface area contributed by atoms with Gasteiger partial charge >= 0.3 is 12.3 Å². The molecular weight excluding hydrogens is 599 g/mol. The number of hydrogen-bond donors (Lipinski definition) is 1. The van der Waals surface area contributed by atoms with E-state index in [9.17, 15) is 22.4 Å². The van der Waals surface area contributed by atoms with Crippen LogP contribution in [0, 0.1) is 11.6 Å². The number of fused-ring (bicyclic) bond motifs is 1. The first kappa shape index (κ1) is 32.2. The zero-order valence-electron chi connectivity index (χ0n) is 25.6. The standard InChI is InChI=1S/C31H35F5N6O3/c1-17(2)42-12-13-44-26-21(32)14-19(15-23(26)42)25-22(33)16-37-28(40-25)39-24-7-6-20(27(38-24)31(34,35)36)18-8-10-41(11-9-18)29(43)45-30(3,4)5/h6-7,14-18H,8-13H2,1-5H3,(H,37,38,39,40). The Labute approximate surface area is 257 Å². The maximum Gasteiger partial charge on any atom is 0.433 e. The lowest BCUT2D eigenvalue weighted by atomic mass is 9.88. The number of alkyl halides is 3. The monoisotopic (exact) mass is 634 g/mol. The van der Waals surface area contributed by atoms with E-state index in [4.69, 9.17) is 9.47 Å². The van der Waals surface area contributed by atoms with Crippen LogP contribution in [0.3, 0.4) is 0 Å². The SMILES string of the molecule is CC(C)N1CCOc2c(F)cc(-c3nc(Nc4ccc(C5CCN(C(=O)OC(C)(C)C)CC5)c(C(F)(F)F)n4)ncc3F)cc21. The second-order valence-corrected chi connectivity index (χ2v) is 12.3. The molecular formula is C31H35F5N6O3. The molecule has 4 heterocycles. The topological polar surface area (TPSA) is 92.7 Å². The maximum absolute atomic E-state index is 15.0. The van der Waals surface area contributed by atoms with E-state index in [0.29, 0.717) is 31.7 Å². The van der Waals surface area contributed by atoms with Crippen molar-refractivity contribution in [1.82, 2.24) is 19.9 Å². The van der Waals surface area contributed by atoms with Gasteiger partial charge in [-0.2, -0.15) is 13.2 Å². The van der Waals surface area contributed by atoms with Crippen LogP contribution in [0.2, 0.25) is 0 Å². The number of carbonyl (C=O) groups excluding carboxylic acids is 1. The number of piperidine rings is 1. The summed E-state index contributed by atoms with van der Waals surface area (Å²) in [4.78, 5) is 27.7. The minimum absolute atomic E-state index is 0.0130. The van der Waals surface area contributed by atoms with Gasteiger partial charge in [0, 0.05) is 24.7 Å². The average molecular weight is 635 g/mol. The lowest BCUT2D eigenvalue weighted by Crippen LogP contribution is -2.41. The van der Waals surface area contributed by atoms with Gasteiger partial charge in [-0.25, -0.2) is 28.5 Å². The smallest absolute Gasteiger partial charge is 0.433 e. The van der Waals surface area contributed by atoms with Crippen LogP contribution >= 0.6 is 0 Å².